The smallest absolute Gasteiger partial charge is 0.137 e. The fraction of sp³-hybridized carbons (Fsp3) is 0.143. The molecule has 1 N–H and O–H groups in total. The van der Waals surface area contributed by atoms with Gasteiger partial charge in [0, 0.05) is 17.0 Å². The molecule has 0 amide bonds. The summed E-state index contributed by atoms with van der Waals surface area (Å²) in [4.78, 5) is 0. The van der Waals surface area contributed by atoms with Crippen molar-refractivity contribution in [3.8, 4) is 0 Å². The SMILES string of the molecule is OC(Cc1ccccc1Cl)c1cc(F)c(Br)cc1F. The Hall–Kier alpha value is -0.970. The fourth-order valence-corrected chi connectivity index (χ4v) is 2.30. The summed E-state index contributed by atoms with van der Waals surface area (Å²) in [7, 11) is 0. The number of hydrogen-bond acceptors (Lipinski definition) is 1. The minimum absolute atomic E-state index is 0.0266. The van der Waals surface area contributed by atoms with Crippen LogP contribution >= 0.6 is 27.5 Å². The molecule has 1 nitrogen and oxygen atoms in total. The van der Waals surface area contributed by atoms with Crippen LogP contribution in [-0.4, -0.2) is 5.11 Å². The number of benzene rings is 2. The third-order valence-electron chi connectivity index (χ3n) is 2.77. The number of aliphatic hydroxyl groups excluding tert-OH is 1. The minimum atomic E-state index is -1.15. The van der Waals surface area contributed by atoms with Crippen LogP contribution < -0.4 is 0 Å². The number of hydrogen-bond donors (Lipinski definition) is 1. The molecule has 5 heteroatoms. The zero-order chi connectivity index (χ0) is 14.0. The van der Waals surface area contributed by atoms with Crippen LogP contribution in [0.1, 0.15) is 17.2 Å². The highest BCUT2D eigenvalue weighted by atomic mass is 79.9. The number of aliphatic hydroxyl groups is 1. The van der Waals surface area contributed by atoms with Crippen molar-refractivity contribution < 1.29 is 13.9 Å². The second-order valence-electron chi connectivity index (χ2n) is 4.10. The molecule has 1 unspecified atom stereocenters. The number of rotatable bonds is 3. The van der Waals surface area contributed by atoms with Crippen molar-refractivity contribution in [2.75, 3.05) is 0 Å². The third-order valence-corrected chi connectivity index (χ3v) is 3.75. The quantitative estimate of drug-likeness (QED) is 0.801. The molecule has 2 rings (SSSR count). The van der Waals surface area contributed by atoms with Crippen LogP contribution in [0.3, 0.4) is 0 Å². The average molecular weight is 348 g/mol. The van der Waals surface area contributed by atoms with Crippen molar-refractivity contribution in [3.63, 3.8) is 0 Å². The number of halogens is 4. The van der Waals surface area contributed by atoms with Gasteiger partial charge in [0.25, 0.3) is 0 Å². The lowest BCUT2D eigenvalue weighted by Crippen LogP contribution is -2.05. The van der Waals surface area contributed by atoms with Gasteiger partial charge in [-0.3, -0.25) is 0 Å². The van der Waals surface area contributed by atoms with E-state index in [4.69, 9.17) is 11.6 Å². The molecule has 0 aromatic heterocycles. The lowest BCUT2D eigenvalue weighted by atomic mass is 10.0. The molecule has 0 aliphatic rings. The molecular weight excluding hydrogens is 338 g/mol. The van der Waals surface area contributed by atoms with E-state index in [9.17, 15) is 13.9 Å². The standard InChI is InChI=1S/C14H10BrClF2O/c15-10-7-12(17)9(6-13(10)18)14(19)5-8-3-1-2-4-11(8)16/h1-4,6-7,14,19H,5H2. The summed E-state index contributed by atoms with van der Waals surface area (Å²) >= 11 is 8.86. The molecule has 19 heavy (non-hydrogen) atoms. The van der Waals surface area contributed by atoms with Gasteiger partial charge in [-0.15, -0.1) is 0 Å². The molecule has 0 saturated heterocycles. The van der Waals surface area contributed by atoms with Crippen LogP contribution in [0, 0.1) is 11.6 Å². The molecule has 0 spiro atoms. The minimum Gasteiger partial charge on any atom is -0.388 e. The predicted molar refractivity (Wildman–Crippen MR) is 74.2 cm³/mol. The summed E-state index contributed by atoms with van der Waals surface area (Å²) in [5.74, 6) is -1.28. The fourth-order valence-electron chi connectivity index (χ4n) is 1.78. The van der Waals surface area contributed by atoms with Gasteiger partial charge in [0.1, 0.15) is 11.6 Å². The zero-order valence-electron chi connectivity index (χ0n) is 9.71. The Morgan fingerprint density at radius 1 is 1.16 bits per heavy atom. The Labute approximate surface area is 123 Å². The van der Waals surface area contributed by atoms with Gasteiger partial charge in [-0.1, -0.05) is 29.8 Å². The molecule has 0 aliphatic heterocycles. The van der Waals surface area contributed by atoms with Crippen molar-refractivity contribution in [1.82, 2.24) is 0 Å². The van der Waals surface area contributed by atoms with E-state index in [0.29, 0.717) is 10.6 Å². The first-order valence-corrected chi connectivity index (χ1v) is 6.72. The third kappa shape index (κ3) is 3.32. The second-order valence-corrected chi connectivity index (χ2v) is 5.36. The predicted octanol–water partition coefficient (Wildman–Crippen LogP) is 4.66. The van der Waals surface area contributed by atoms with Crippen molar-refractivity contribution in [1.29, 1.82) is 0 Å². The van der Waals surface area contributed by atoms with Crippen molar-refractivity contribution in [3.05, 3.63) is 68.7 Å². The highest BCUT2D eigenvalue weighted by Gasteiger charge is 2.17. The molecular formula is C14H10BrClF2O. The Balaban J connectivity index is 2.28. The van der Waals surface area contributed by atoms with E-state index >= 15 is 0 Å². The monoisotopic (exact) mass is 346 g/mol. The first-order valence-electron chi connectivity index (χ1n) is 5.55. The van der Waals surface area contributed by atoms with E-state index in [2.05, 4.69) is 15.9 Å². The molecule has 0 heterocycles. The Morgan fingerprint density at radius 3 is 2.53 bits per heavy atom. The average Bonchev–Trinajstić information content (AvgIpc) is 2.36. The summed E-state index contributed by atoms with van der Waals surface area (Å²) in [6, 6.07) is 8.94. The maximum absolute atomic E-state index is 13.7. The topological polar surface area (TPSA) is 20.2 Å². The van der Waals surface area contributed by atoms with Gasteiger partial charge in [-0.05, 0) is 39.7 Å². The second kappa shape index (κ2) is 5.99. The summed E-state index contributed by atoms with van der Waals surface area (Å²) in [5, 5.41) is 10.5. The lowest BCUT2D eigenvalue weighted by molar-refractivity contribution is 0.173. The van der Waals surface area contributed by atoms with E-state index in [1.165, 1.54) is 0 Å². The first-order chi connectivity index (χ1) is 8.99. The maximum Gasteiger partial charge on any atom is 0.137 e. The van der Waals surface area contributed by atoms with Crippen LogP contribution in [0.25, 0.3) is 0 Å². The summed E-state index contributed by atoms with van der Waals surface area (Å²) in [6.07, 6.45) is -1.03. The van der Waals surface area contributed by atoms with E-state index in [-0.39, 0.29) is 16.5 Å². The van der Waals surface area contributed by atoms with Crippen molar-refractivity contribution >= 4 is 27.5 Å². The van der Waals surface area contributed by atoms with E-state index in [0.717, 1.165) is 12.1 Å². The maximum atomic E-state index is 13.7. The molecule has 0 aliphatic carbocycles. The summed E-state index contributed by atoms with van der Waals surface area (Å²) in [5.41, 5.74) is 0.597. The molecule has 0 radical (unpaired) electrons. The van der Waals surface area contributed by atoms with Gasteiger partial charge in [0.15, 0.2) is 0 Å². The lowest BCUT2D eigenvalue weighted by Gasteiger charge is -2.13. The Kier molecular flexibility index (Phi) is 4.55. The normalized spacial score (nSPS) is 12.5. The summed E-state index contributed by atoms with van der Waals surface area (Å²) in [6.45, 7) is 0. The van der Waals surface area contributed by atoms with Crippen LogP contribution in [-0.2, 0) is 6.42 Å². The largest absolute Gasteiger partial charge is 0.388 e. The van der Waals surface area contributed by atoms with E-state index in [1.54, 1.807) is 24.3 Å². The molecule has 100 valence electrons. The zero-order valence-corrected chi connectivity index (χ0v) is 12.0. The van der Waals surface area contributed by atoms with Crippen LogP contribution in [0.5, 0.6) is 0 Å². The Bertz CT molecular complexity index is 604. The van der Waals surface area contributed by atoms with Gasteiger partial charge < -0.3 is 5.11 Å². The van der Waals surface area contributed by atoms with E-state index in [1.807, 2.05) is 0 Å². The van der Waals surface area contributed by atoms with Gasteiger partial charge in [-0.2, -0.15) is 0 Å². The van der Waals surface area contributed by atoms with Gasteiger partial charge in [0.05, 0.1) is 10.6 Å². The van der Waals surface area contributed by atoms with Gasteiger partial charge >= 0.3 is 0 Å². The molecule has 0 saturated carbocycles. The van der Waals surface area contributed by atoms with Crippen LogP contribution in [0.15, 0.2) is 40.9 Å². The van der Waals surface area contributed by atoms with Crippen molar-refractivity contribution in [2.24, 2.45) is 0 Å². The molecule has 1 atom stereocenters. The highest BCUT2D eigenvalue weighted by Crippen LogP contribution is 2.28. The molecule has 2 aromatic carbocycles. The highest BCUT2D eigenvalue weighted by molar-refractivity contribution is 9.10. The molecule has 2 aromatic rings. The van der Waals surface area contributed by atoms with E-state index < -0.39 is 17.7 Å². The first kappa shape index (κ1) is 14.4. The Morgan fingerprint density at radius 2 is 1.84 bits per heavy atom. The van der Waals surface area contributed by atoms with Crippen molar-refractivity contribution in [2.45, 2.75) is 12.5 Å². The van der Waals surface area contributed by atoms with Gasteiger partial charge in [-0.25, -0.2) is 8.78 Å². The summed E-state index contributed by atoms with van der Waals surface area (Å²) < 4.78 is 27.1. The molecule has 0 fully saturated rings. The molecule has 0 bridgehead atoms. The van der Waals surface area contributed by atoms with Crippen LogP contribution in [0.2, 0.25) is 5.02 Å². The van der Waals surface area contributed by atoms with Gasteiger partial charge in [0.2, 0.25) is 0 Å². The van der Waals surface area contributed by atoms with Crippen LogP contribution in [0.4, 0.5) is 8.78 Å².